The maximum absolute atomic E-state index is 4.64. The number of hydrogen-bond donors (Lipinski definition) is 1. The molecule has 0 aliphatic heterocycles. The summed E-state index contributed by atoms with van der Waals surface area (Å²) >= 11 is 3.52. The molecule has 0 atom stereocenters. The monoisotopic (exact) mass is 298 g/mol. The normalized spacial score (nSPS) is 12.2. The van der Waals surface area contributed by atoms with Gasteiger partial charge >= 0.3 is 0 Å². The fourth-order valence-corrected chi connectivity index (χ4v) is 3.00. The number of nitrogens with one attached hydrogen (secondary N) is 1. The molecule has 0 saturated heterocycles. The fourth-order valence-electron chi connectivity index (χ4n) is 1.70. The molecule has 0 fully saturated rings. The summed E-state index contributed by atoms with van der Waals surface area (Å²) in [5.41, 5.74) is 1.18. The van der Waals surface area contributed by atoms with Gasteiger partial charge in [-0.1, -0.05) is 32.1 Å². The number of anilines is 1. The highest BCUT2D eigenvalue weighted by Crippen LogP contribution is 2.25. The summed E-state index contributed by atoms with van der Waals surface area (Å²) < 4.78 is 1.88. The second kappa shape index (κ2) is 6.13. The summed E-state index contributed by atoms with van der Waals surface area (Å²) in [5.74, 6) is 1.23. The van der Waals surface area contributed by atoms with Crippen molar-refractivity contribution in [2.75, 3.05) is 23.9 Å². The number of rotatable bonds is 6. The highest BCUT2D eigenvalue weighted by atomic mass is 32.2. The third-order valence-electron chi connectivity index (χ3n) is 2.86. The van der Waals surface area contributed by atoms with E-state index in [1.54, 1.807) is 11.3 Å². The van der Waals surface area contributed by atoms with E-state index in [-0.39, 0.29) is 5.41 Å². The van der Waals surface area contributed by atoms with E-state index in [0.29, 0.717) is 0 Å². The Kier molecular flexibility index (Phi) is 4.73. The lowest BCUT2D eigenvalue weighted by atomic mass is 9.93. The highest BCUT2D eigenvalue weighted by molar-refractivity contribution is 7.98. The smallest absolute Gasteiger partial charge is 0.214 e. The number of hydrogen-bond acceptors (Lipinski definition) is 5. The Morgan fingerprint density at radius 2 is 2.16 bits per heavy atom. The minimum Gasteiger partial charge on any atom is -0.360 e. The lowest BCUT2D eigenvalue weighted by molar-refractivity contribution is 0.572. The van der Waals surface area contributed by atoms with Gasteiger partial charge in [0.15, 0.2) is 0 Å². The quantitative estimate of drug-likeness (QED) is 0.827. The number of fused-ring (bicyclic) bond motifs is 1. The van der Waals surface area contributed by atoms with E-state index in [1.165, 1.54) is 18.6 Å². The van der Waals surface area contributed by atoms with Crippen LogP contribution in [0.4, 0.5) is 5.13 Å². The summed E-state index contributed by atoms with van der Waals surface area (Å²) in [6.45, 7) is 7.50. The van der Waals surface area contributed by atoms with Gasteiger partial charge < -0.3 is 5.32 Å². The Morgan fingerprint density at radius 1 is 1.37 bits per heavy atom. The summed E-state index contributed by atoms with van der Waals surface area (Å²) in [6.07, 6.45) is 6.63. The molecule has 0 amide bonds. The van der Waals surface area contributed by atoms with Crippen molar-refractivity contribution in [1.29, 1.82) is 0 Å². The predicted molar refractivity (Wildman–Crippen MR) is 85.7 cm³/mol. The summed E-state index contributed by atoms with van der Waals surface area (Å²) in [5, 5.41) is 8.86. The summed E-state index contributed by atoms with van der Waals surface area (Å²) in [7, 11) is 0. The molecule has 0 radical (unpaired) electrons. The molecule has 6 heteroatoms. The maximum Gasteiger partial charge on any atom is 0.214 e. The molecule has 0 unspecified atom stereocenters. The van der Waals surface area contributed by atoms with Gasteiger partial charge in [0.2, 0.25) is 10.1 Å². The molecular formula is C13H22N4S2. The van der Waals surface area contributed by atoms with E-state index in [0.717, 1.165) is 22.3 Å². The maximum atomic E-state index is 4.64. The molecule has 1 N–H and O–H groups in total. The average Bonchev–Trinajstić information content (AvgIpc) is 2.85. The highest BCUT2D eigenvalue weighted by Gasteiger charge is 2.19. The van der Waals surface area contributed by atoms with Crippen molar-refractivity contribution < 1.29 is 0 Å². The van der Waals surface area contributed by atoms with E-state index in [4.69, 9.17) is 0 Å². The molecule has 2 aromatic heterocycles. The van der Waals surface area contributed by atoms with E-state index >= 15 is 0 Å². The topological polar surface area (TPSA) is 42.2 Å². The third-order valence-corrected chi connectivity index (χ3v) is 4.44. The molecule has 106 valence electrons. The van der Waals surface area contributed by atoms with Gasteiger partial charge in [0.25, 0.3) is 0 Å². The van der Waals surface area contributed by atoms with Gasteiger partial charge in [-0.05, 0) is 24.9 Å². The molecule has 0 spiro atoms. The fraction of sp³-hybridized carbons (Fsp3) is 0.692. The second-order valence-electron chi connectivity index (χ2n) is 5.64. The van der Waals surface area contributed by atoms with E-state index < -0.39 is 0 Å². The van der Waals surface area contributed by atoms with Crippen LogP contribution in [0.3, 0.4) is 0 Å². The van der Waals surface area contributed by atoms with Crippen molar-refractivity contribution >= 4 is 33.2 Å². The van der Waals surface area contributed by atoms with Crippen LogP contribution in [-0.4, -0.2) is 33.2 Å². The Labute approximate surface area is 123 Å². The van der Waals surface area contributed by atoms with Crippen molar-refractivity contribution in [2.45, 2.75) is 39.0 Å². The average molecular weight is 298 g/mol. The zero-order valence-corrected chi connectivity index (χ0v) is 13.7. The lowest BCUT2D eigenvalue weighted by Gasteiger charge is -2.13. The predicted octanol–water partition coefficient (Wildman–Crippen LogP) is 3.64. The van der Waals surface area contributed by atoms with Crippen LogP contribution in [0, 0.1) is 0 Å². The van der Waals surface area contributed by atoms with Crippen LogP contribution in [-0.2, 0) is 5.41 Å². The van der Waals surface area contributed by atoms with Gasteiger partial charge in [-0.15, -0.1) is 5.10 Å². The number of aromatic nitrogens is 3. The van der Waals surface area contributed by atoms with Crippen LogP contribution in [0.5, 0.6) is 0 Å². The largest absolute Gasteiger partial charge is 0.360 e. The van der Waals surface area contributed by atoms with Crippen molar-refractivity contribution in [3.63, 3.8) is 0 Å². The van der Waals surface area contributed by atoms with Gasteiger partial charge in [-0.25, -0.2) is 9.50 Å². The molecule has 0 saturated carbocycles. The molecular weight excluding hydrogens is 276 g/mol. The van der Waals surface area contributed by atoms with E-state index in [1.807, 2.05) is 22.5 Å². The van der Waals surface area contributed by atoms with Crippen molar-refractivity contribution in [3.8, 4) is 0 Å². The van der Waals surface area contributed by atoms with Crippen LogP contribution in [0.25, 0.3) is 4.96 Å². The van der Waals surface area contributed by atoms with Crippen molar-refractivity contribution in [2.24, 2.45) is 0 Å². The molecule has 2 aromatic rings. The first-order valence-corrected chi connectivity index (χ1v) is 8.81. The number of nitrogens with zero attached hydrogens (tertiary/aromatic N) is 3. The minimum atomic E-state index is 0.0822. The van der Waals surface area contributed by atoms with Crippen LogP contribution in [0.1, 0.15) is 39.3 Å². The number of thioether (sulfide) groups is 1. The van der Waals surface area contributed by atoms with E-state index in [2.05, 4.69) is 42.4 Å². The Balaban J connectivity index is 1.93. The first-order chi connectivity index (χ1) is 9.00. The number of unbranched alkanes of at least 4 members (excludes halogenated alkanes) is 1. The zero-order chi connectivity index (χ0) is 13.9. The molecule has 19 heavy (non-hydrogen) atoms. The Morgan fingerprint density at radius 3 is 2.79 bits per heavy atom. The van der Waals surface area contributed by atoms with Gasteiger partial charge in [0.05, 0.1) is 11.9 Å². The molecule has 2 heterocycles. The Hall–Kier alpha value is -0.750. The molecule has 2 rings (SSSR count). The van der Waals surface area contributed by atoms with Crippen LogP contribution < -0.4 is 5.32 Å². The molecule has 0 aliphatic carbocycles. The molecule has 0 aromatic carbocycles. The first-order valence-electron chi connectivity index (χ1n) is 6.60. The Bertz CT molecular complexity index is 493. The van der Waals surface area contributed by atoms with Gasteiger partial charge in [0.1, 0.15) is 0 Å². The van der Waals surface area contributed by atoms with Crippen LogP contribution >= 0.6 is 23.1 Å². The SMILES string of the molecule is CSCCCCNc1nn2cc(C(C)(C)C)nc2s1. The first kappa shape index (κ1) is 14.7. The summed E-state index contributed by atoms with van der Waals surface area (Å²) in [6, 6.07) is 0. The van der Waals surface area contributed by atoms with Gasteiger partial charge in [0, 0.05) is 12.0 Å². The molecule has 4 nitrogen and oxygen atoms in total. The second-order valence-corrected chi connectivity index (χ2v) is 7.58. The summed E-state index contributed by atoms with van der Waals surface area (Å²) in [4.78, 5) is 5.61. The third kappa shape index (κ3) is 3.86. The molecule has 0 aliphatic rings. The van der Waals surface area contributed by atoms with Crippen molar-refractivity contribution in [1.82, 2.24) is 14.6 Å². The van der Waals surface area contributed by atoms with Crippen molar-refractivity contribution in [3.05, 3.63) is 11.9 Å². The minimum absolute atomic E-state index is 0.0822. The van der Waals surface area contributed by atoms with E-state index in [9.17, 15) is 0 Å². The molecule has 0 bridgehead atoms. The van der Waals surface area contributed by atoms with Gasteiger partial charge in [-0.2, -0.15) is 11.8 Å². The number of imidazole rings is 1. The zero-order valence-electron chi connectivity index (χ0n) is 12.1. The standard InChI is InChI=1S/C13H22N4S2/c1-13(2,3)10-9-17-12(15-10)19-11(16-17)14-7-5-6-8-18-4/h9H,5-8H2,1-4H3,(H,14,16). The lowest BCUT2D eigenvalue weighted by Crippen LogP contribution is -2.11. The van der Waals surface area contributed by atoms with Crippen LogP contribution in [0.15, 0.2) is 6.20 Å². The van der Waals surface area contributed by atoms with Crippen LogP contribution in [0.2, 0.25) is 0 Å². The van der Waals surface area contributed by atoms with Gasteiger partial charge in [-0.3, -0.25) is 0 Å².